The van der Waals surface area contributed by atoms with Gasteiger partial charge in [0.1, 0.15) is 0 Å². The first-order chi connectivity index (χ1) is 9.02. The fourth-order valence-corrected chi connectivity index (χ4v) is 2.16. The Hall–Kier alpha value is -1.63. The maximum absolute atomic E-state index is 12.0. The summed E-state index contributed by atoms with van der Waals surface area (Å²) in [5.41, 5.74) is 2.25. The third-order valence-electron chi connectivity index (χ3n) is 3.01. The van der Waals surface area contributed by atoms with Gasteiger partial charge in [-0.05, 0) is 29.8 Å². The monoisotopic (exact) mass is 325 g/mol. The van der Waals surface area contributed by atoms with Gasteiger partial charge in [-0.2, -0.15) is 10.2 Å². The van der Waals surface area contributed by atoms with Crippen LogP contribution < -0.4 is 5.32 Å². The Kier molecular flexibility index (Phi) is 4.04. The number of aromatic nitrogens is 4. The molecule has 6 nitrogen and oxygen atoms in total. The van der Waals surface area contributed by atoms with Crippen LogP contribution >= 0.6 is 15.9 Å². The average Bonchev–Trinajstić information content (AvgIpc) is 2.91. The van der Waals surface area contributed by atoms with E-state index in [1.807, 2.05) is 31.8 Å². The molecule has 0 saturated heterocycles. The zero-order valence-electron chi connectivity index (χ0n) is 11.1. The number of aryl methyl sites for hydroxylation is 2. The molecule has 7 heteroatoms. The lowest BCUT2D eigenvalue weighted by atomic mass is 10.2. The van der Waals surface area contributed by atoms with Crippen LogP contribution in [0.3, 0.4) is 0 Å². The van der Waals surface area contributed by atoms with Gasteiger partial charge in [0, 0.05) is 25.5 Å². The van der Waals surface area contributed by atoms with Crippen molar-refractivity contribution in [1.29, 1.82) is 0 Å². The summed E-state index contributed by atoms with van der Waals surface area (Å²) in [7, 11) is 1.81. The van der Waals surface area contributed by atoms with Crippen molar-refractivity contribution in [2.75, 3.05) is 0 Å². The molecule has 1 N–H and O–H groups in total. The number of hydrogen-bond donors (Lipinski definition) is 1. The molecule has 0 atom stereocenters. The van der Waals surface area contributed by atoms with Crippen LogP contribution in [-0.2, 0) is 20.1 Å². The van der Waals surface area contributed by atoms with Crippen LogP contribution in [0, 0.1) is 6.92 Å². The van der Waals surface area contributed by atoms with Gasteiger partial charge in [-0.25, -0.2) is 0 Å². The molecular formula is C12H16BrN5O. The van der Waals surface area contributed by atoms with Crippen LogP contribution in [0.4, 0.5) is 0 Å². The van der Waals surface area contributed by atoms with E-state index in [1.165, 1.54) is 0 Å². The standard InChI is InChI=1S/C12H16BrN5O/c1-4-18-7-10(13)11(16-18)6-14-12(19)9-5-15-17(3)8(9)2/h5,7H,4,6H2,1-3H3,(H,14,19). The van der Waals surface area contributed by atoms with Crippen molar-refractivity contribution in [1.82, 2.24) is 24.9 Å². The van der Waals surface area contributed by atoms with Gasteiger partial charge in [0.25, 0.3) is 5.91 Å². The molecule has 0 bridgehead atoms. The van der Waals surface area contributed by atoms with E-state index in [2.05, 4.69) is 31.4 Å². The van der Waals surface area contributed by atoms with E-state index in [-0.39, 0.29) is 5.91 Å². The Morgan fingerprint density at radius 3 is 2.79 bits per heavy atom. The summed E-state index contributed by atoms with van der Waals surface area (Å²) in [6, 6.07) is 0. The minimum Gasteiger partial charge on any atom is -0.346 e. The van der Waals surface area contributed by atoms with Crippen molar-refractivity contribution in [2.24, 2.45) is 7.05 Å². The van der Waals surface area contributed by atoms with E-state index >= 15 is 0 Å². The van der Waals surface area contributed by atoms with Gasteiger partial charge in [0.05, 0.1) is 28.5 Å². The van der Waals surface area contributed by atoms with E-state index in [0.717, 1.165) is 22.4 Å². The Morgan fingerprint density at radius 2 is 2.26 bits per heavy atom. The fourth-order valence-electron chi connectivity index (χ4n) is 1.70. The molecule has 19 heavy (non-hydrogen) atoms. The van der Waals surface area contributed by atoms with Crippen LogP contribution in [-0.4, -0.2) is 25.5 Å². The number of nitrogens with one attached hydrogen (secondary N) is 1. The van der Waals surface area contributed by atoms with E-state index in [4.69, 9.17) is 0 Å². The molecular weight excluding hydrogens is 310 g/mol. The van der Waals surface area contributed by atoms with Gasteiger partial charge in [0.15, 0.2) is 0 Å². The molecule has 1 amide bonds. The zero-order chi connectivity index (χ0) is 14.0. The highest BCUT2D eigenvalue weighted by Crippen LogP contribution is 2.15. The first-order valence-electron chi connectivity index (χ1n) is 6.01. The second-order valence-corrected chi connectivity index (χ2v) is 5.08. The summed E-state index contributed by atoms with van der Waals surface area (Å²) >= 11 is 3.43. The molecule has 0 unspecified atom stereocenters. The molecule has 0 aliphatic heterocycles. The van der Waals surface area contributed by atoms with Crippen molar-refractivity contribution in [3.8, 4) is 0 Å². The van der Waals surface area contributed by atoms with Crippen molar-refractivity contribution < 1.29 is 4.79 Å². The minimum absolute atomic E-state index is 0.136. The van der Waals surface area contributed by atoms with Crippen LogP contribution in [0.5, 0.6) is 0 Å². The third-order valence-corrected chi connectivity index (χ3v) is 3.67. The summed E-state index contributed by atoms with van der Waals surface area (Å²) in [5, 5.41) is 11.3. The van der Waals surface area contributed by atoms with Crippen LogP contribution in [0.1, 0.15) is 28.7 Å². The molecule has 0 radical (unpaired) electrons. The zero-order valence-corrected chi connectivity index (χ0v) is 12.7. The van der Waals surface area contributed by atoms with Crippen LogP contribution in [0.2, 0.25) is 0 Å². The maximum atomic E-state index is 12.0. The highest BCUT2D eigenvalue weighted by Gasteiger charge is 2.14. The van der Waals surface area contributed by atoms with Crippen molar-refractivity contribution in [3.63, 3.8) is 0 Å². The lowest BCUT2D eigenvalue weighted by molar-refractivity contribution is 0.0949. The summed E-state index contributed by atoms with van der Waals surface area (Å²) in [6.07, 6.45) is 3.47. The van der Waals surface area contributed by atoms with Crippen LogP contribution in [0.25, 0.3) is 0 Å². The number of hydrogen-bond acceptors (Lipinski definition) is 3. The average molecular weight is 326 g/mol. The molecule has 0 fully saturated rings. The van der Waals surface area contributed by atoms with Crippen molar-refractivity contribution in [3.05, 3.63) is 33.8 Å². The lowest BCUT2D eigenvalue weighted by Gasteiger charge is -2.03. The van der Waals surface area contributed by atoms with Gasteiger partial charge in [-0.3, -0.25) is 14.2 Å². The molecule has 102 valence electrons. The molecule has 0 aliphatic carbocycles. The first-order valence-corrected chi connectivity index (χ1v) is 6.80. The summed E-state index contributed by atoms with van der Waals surface area (Å²) in [6.45, 7) is 5.07. The van der Waals surface area contributed by atoms with Gasteiger partial charge in [-0.1, -0.05) is 0 Å². The third kappa shape index (κ3) is 2.86. The van der Waals surface area contributed by atoms with Crippen LogP contribution in [0.15, 0.2) is 16.9 Å². The number of carbonyl (C=O) groups excluding carboxylic acids is 1. The SMILES string of the molecule is CCn1cc(Br)c(CNC(=O)c2cnn(C)c2C)n1. The second-order valence-electron chi connectivity index (χ2n) is 4.23. The number of nitrogens with zero attached hydrogens (tertiary/aromatic N) is 4. The van der Waals surface area contributed by atoms with Gasteiger partial charge in [-0.15, -0.1) is 0 Å². The van der Waals surface area contributed by atoms with Gasteiger partial charge >= 0.3 is 0 Å². The molecule has 0 aromatic carbocycles. The van der Waals surface area contributed by atoms with E-state index in [0.29, 0.717) is 12.1 Å². The Balaban J connectivity index is 2.04. The molecule has 0 aliphatic rings. The molecule has 2 aromatic heterocycles. The quantitative estimate of drug-likeness (QED) is 0.929. The van der Waals surface area contributed by atoms with E-state index in [9.17, 15) is 4.79 Å². The minimum atomic E-state index is -0.136. The highest BCUT2D eigenvalue weighted by atomic mass is 79.9. The summed E-state index contributed by atoms with van der Waals surface area (Å²) in [5.74, 6) is -0.136. The van der Waals surface area contributed by atoms with E-state index in [1.54, 1.807) is 10.9 Å². The molecule has 0 spiro atoms. The van der Waals surface area contributed by atoms with Gasteiger partial charge in [0.2, 0.25) is 0 Å². The summed E-state index contributed by atoms with van der Waals surface area (Å²) < 4.78 is 4.40. The van der Waals surface area contributed by atoms with E-state index < -0.39 is 0 Å². The predicted octanol–water partition coefficient (Wildman–Crippen LogP) is 1.64. The molecule has 0 saturated carbocycles. The number of amides is 1. The largest absolute Gasteiger partial charge is 0.346 e. The predicted molar refractivity (Wildman–Crippen MR) is 74.7 cm³/mol. The fraction of sp³-hybridized carbons (Fsp3) is 0.417. The lowest BCUT2D eigenvalue weighted by Crippen LogP contribution is -2.23. The second kappa shape index (κ2) is 5.56. The number of halogens is 1. The highest BCUT2D eigenvalue weighted by molar-refractivity contribution is 9.10. The van der Waals surface area contributed by atoms with Gasteiger partial charge < -0.3 is 5.32 Å². The van der Waals surface area contributed by atoms with Crippen molar-refractivity contribution in [2.45, 2.75) is 26.9 Å². The number of carbonyl (C=O) groups is 1. The molecule has 2 rings (SSSR count). The first kappa shape index (κ1) is 13.8. The Bertz CT molecular complexity index is 601. The normalized spacial score (nSPS) is 10.7. The maximum Gasteiger partial charge on any atom is 0.255 e. The topological polar surface area (TPSA) is 64.7 Å². The smallest absolute Gasteiger partial charge is 0.255 e. The summed E-state index contributed by atoms with van der Waals surface area (Å²) in [4.78, 5) is 12.0. The Morgan fingerprint density at radius 1 is 1.53 bits per heavy atom. The Labute approximate surface area is 119 Å². The van der Waals surface area contributed by atoms with Crippen molar-refractivity contribution >= 4 is 21.8 Å². The molecule has 2 heterocycles. The number of rotatable bonds is 4. The molecule has 2 aromatic rings.